The molecule has 2 N–H and O–H groups in total. The van der Waals surface area contributed by atoms with Crippen LogP contribution >= 0.6 is 0 Å². The van der Waals surface area contributed by atoms with Gasteiger partial charge in [-0.25, -0.2) is 4.98 Å². The van der Waals surface area contributed by atoms with Crippen molar-refractivity contribution in [1.82, 2.24) is 15.3 Å². The Labute approximate surface area is 152 Å². The predicted octanol–water partition coefficient (Wildman–Crippen LogP) is 3.27. The van der Waals surface area contributed by atoms with Crippen molar-refractivity contribution in [2.24, 2.45) is 0 Å². The summed E-state index contributed by atoms with van der Waals surface area (Å²) >= 11 is 0. The maximum absolute atomic E-state index is 5.75. The van der Waals surface area contributed by atoms with E-state index < -0.39 is 0 Å². The molecule has 0 radical (unpaired) electrons. The van der Waals surface area contributed by atoms with Gasteiger partial charge in [-0.15, -0.1) is 0 Å². The number of rotatable bonds is 2. The van der Waals surface area contributed by atoms with Gasteiger partial charge in [0.15, 0.2) is 0 Å². The van der Waals surface area contributed by atoms with Gasteiger partial charge in [0.05, 0.1) is 32.5 Å². The highest BCUT2D eigenvalue weighted by molar-refractivity contribution is 5.84. The minimum absolute atomic E-state index is 0.227. The number of H-pyrrole nitrogens is 1. The second-order valence-corrected chi connectivity index (χ2v) is 7.18. The van der Waals surface area contributed by atoms with Crippen molar-refractivity contribution >= 4 is 11.0 Å². The summed E-state index contributed by atoms with van der Waals surface area (Å²) < 4.78 is 11.5. The summed E-state index contributed by atoms with van der Waals surface area (Å²) in [5.41, 5.74) is 8.58. The highest BCUT2D eigenvalue weighted by Gasteiger charge is 2.23. The number of hydrogen-bond acceptors (Lipinski definition) is 4. The number of aryl methyl sites for hydroxylation is 1. The monoisotopic (exact) mass is 349 g/mol. The van der Waals surface area contributed by atoms with E-state index in [9.17, 15) is 0 Å². The normalized spacial score (nSPS) is 20.3. The van der Waals surface area contributed by atoms with E-state index in [0.29, 0.717) is 13.2 Å². The van der Waals surface area contributed by atoms with Crippen molar-refractivity contribution in [3.63, 3.8) is 0 Å². The van der Waals surface area contributed by atoms with E-state index in [1.165, 1.54) is 33.2 Å². The fourth-order valence-corrected chi connectivity index (χ4v) is 4.05. The molecular weight excluding hydrogens is 326 g/mol. The van der Waals surface area contributed by atoms with E-state index in [4.69, 9.17) is 9.47 Å². The predicted molar refractivity (Wildman–Crippen MR) is 101 cm³/mol. The highest BCUT2D eigenvalue weighted by atomic mass is 16.5. The van der Waals surface area contributed by atoms with Gasteiger partial charge in [-0.3, -0.25) is 0 Å². The van der Waals surface area contributed by atoms with Gasteiger partial charge in [0.2, 0.25) is 0 Å². The van der Waals surface area contributed by atoms with Gasteiger partial charge >= 0.3 is 0 Å². The smallest absolute Gasteiger partial charge is 0.137 e. The maximum Gasteiger partial charge on any atom is 0.137 e. The van der Waals surface area contributed by atoms with Crippen LogP contribution in [0.25, 0.3) is 22.2 Å². The fourth-order valence-electron chi connectivity index (χ4n) is 4.05. The summed E-state index contributed by atoms with van der Waals surface area (Å²) in [6, 6.07) is 7.08. The van der Waals surface area contributed by atoms with Crippen LogP contribution in [0.1, 0.15) is 28.3 Å². The third-order valence-corrected chi connectivity index (χ3v) is 5.51. The molecule has 1 saturated heterocycles. The van der Waals surface area contributed by atoms with Crippen LogP contribution in [0.2, 0.25) is 0 Å². The molecular formula is C21H23N3O2. The molecule has 5 nitrogen and oxygen atoms in total. The molecule has 5 rings (SSSR count). The lowest BCUT2D eigenvalue weighted by Crippen LogP contribution is -2.35. The number of aromatic nitrogens is 2. The van der Waals surface area contributed by atoms with Gasteiger partial charge in [0.1, 0.15) is 5.65 Å². The van der Waals surface area contributed by atoms with Crippen LogP contribution in [-0.2, 0) is 22.5 Å². The summed E-state index contributed by atoms with van der Waals surface area (Å²) in [6.45, 7) is 5.98. The molecule has 5 heteroatoms. The lowest BCUT2D eigenvalue weighted by atomic mass is 9.89. The van der Waals surface area contributed by atoms with Gasteiger partial charge in [0.25, 0.3) is 0 Å². The zero-order valence-electron chi connectivity index (χ0n) is 15.0. The van der Waals surface area contributed by atoms with Crippen LogP contribution in [0.3, 0.4) is 0 Å². The Morgan fingerprint density at radius 3 is 2.96 bits per heavy atom. The van der Waals surface area contributed by atoms with E-state index in [0.717, 1.165) is 37.4 Å². The standard InChI is InChI=1S/C21H23N3O2/c1-13-9-23-21-17(13)8-16(10-24-21)15-6-14-2-4-25-11-19(14)18(7-15)20-12-26-5-3-22-20/h6-10,20,22H,2-5,11-12H2,1H3,(H,23,24)/t20-/m0/s1. The second-order valence-electron chi connectivity index (χ2n) is 7.18. The molecule has 0 bridgehead atoms. The molecule has 26 heavy (non-hydrogen) atoms. The first-order valence-corrected chi connectivity index (χ1v) is 9.28. The lowest BCUT2D eigenvalue weighted by Gasteiger charge is -2.29. The number of hydrogen-bond donors (Lipinski definition) is 2. The number of nitrogens with zero attached hydrogens (tertiary/aromatic N) is 1. The summed E-state index contributed by atoms with van der Waals surface area (Å²) in [7, 11) is 0. The van der Waals surface area contributed by atoms with Crippen LogP contribution < -0.4 is 5.32 Å². The minimum atomic E-state index is 0.227. The van der Waals surface area contributed by atoms with Crippen molar-refractivity contribution in [2.75, 3.05) is 26.4 Å². The number of benzene rings is 1. The summed E-state index contributed by atoms with van der Waals surface area (Å²) in [5, 5.41) is 4.78. The highest BCUT2D eigenvalue weighted by Crippen LogP contribution is 2.33. The molecule has 4 heterocycles. The van der Waals surface area contributed by atoms with Crippen LogP contribution in [0, 0.1) is 6.92 Å². The van der Waals surface area contributed by atoms with Gasteiger partial charge in [0, 0.05) is 29.9 Å². The van der Waals surface area contributed by atoms with E-state index in [2.05, 4.69) is 40.4 Å². The fraction of sp³-hybridized carbons (Fsp3) is 0.381. The largest absolute Gasteiger partial charge is 0.378 e. The van der Waals surface area contributed by atoms with Gasteiger partial charge < -0.3 is 19.8 Å². The quantitative estimate of drug-likeness (QED) is 0.745. The molecule has 3 aromatic rings. The minimum Gasteiger partial charge on any atom is -0.378 e. The van der Waals surface area contributed by atoms with Gasteiger partial charge in [-0.1, -0.05) is 6.07 Å². The Morgan fingerprint density at radius 2 is 2.08 bits per heavy atom. The number of ether oxygens (including phenoxy) is 2. The first kappa shape index (κ1) is 16.0. The number of nitrogens with one attached hydrogen (secondary N) is 2. The van der Waals surface area contributed by atoms with Crippen LogP contribution in [0.5, 0.6) is 0 Å². The first-order valence-electron chi connectivity index (χ1n) is 9.28. The molecule has 0 aliphatic carbocycles. The van der Waals surface area contributed by atoms with Crippen LogP contribution in [0.4, 0.5) is 0 Å². The molecule has 0 spiro atoms. The van der Waals surface area contributed by atoms with Crippen molar-refractivity contribution in [1.29, 1.82) is 0 Å². The molecule has 0 unspecified atom stereocenters. The second kappa shape index (κ2) is 6.50. The number of morpholine rings is 1. The molecule has 1 fully saturated rings. The van der Waals surface area contributed by atoms with Crippen molar-refractivity contribution in [3.8, 4) is 11.1 Å². The van der Waals surface area contributed by atoms with Crippen LogP contribution in [-0.4, -0.2) is 36.3 Å². The Morgan fingerprint density at radius 1 is 1.12 bits per heavy atom. The SMILES string of the molecule is Cc1c[nH]c2ncc(-c3cc4c(c([C@@H]5COCCN5)c3)COCC4)cc12. The van der Waals surface area contributed by atoms with Crippen molar-refractivity contribution in [2.45, 2.75) is 26.0 Å². The summed E-state index contributed by atoms with van der Waals surface area (Å²) in [5.74, 6) is 0. The molecule has 1 atom stereocenters. The third kappa shape index (κ3) is 2.72. The summed E-state index contributed by atoms with van der Waals surface area (Å²) in [6.07, 6.45) is 4.94. The van der Waals surface area contributed by atoms with Gasteiger partial charge in [-0.2, -0.15) is 0 Å². The third-order valence-electron chi connectivity index (χ3n) is 5.51. The molecule has 0 saturated carbocycles. The van der Waals surface area contributed by atoms with Crippen molar-refractivity contribution < 1.29 is 9.47 Å². The van der Waals surface area contributed by atoms with Crippen molar-refractivity contribution in [3.05, 3.63) is 52.8 Å². The Kier molecular flexibility index (Phi) is 4.00. The van der Waals surface area contributed by atoms with E-state index >= 15 is 0 Å². The number of fused-ring (bicyclic) bond motifs is 2. The number of aromatic amines is 1. The summed E-state index contributed by atoms with van der Waals surface area (Å²) in [4.78, 5) is 7.84. The lowest BCUT2D eigenvalue weighted by molar-refractivity contribution is 0.0736. The topological polar surface area (TPSA) is 59.2 Å². The molecule has 2 aliphatic rings. The van der Waals surface area contributed by atoms with Crippen LogP contribution in [0.15, 0.2) is 30.6 Å². The zero-order chi connectivity index (χ0) is 17.5. The zero-order valence-corrected chi connectivity index (χ0v) is 15.0. The Bertz CT molecular complexity index is 957. The Balaban J connectivity index is 1.64. The van der Waals surface area contributed by atoms with Gasteiger partial charge in [-0.05, 0) is 53.3 Å². The molecule has 2 aliphatic heterocycles. The molecule has 2 aromatic heterocycles. The first-order chi connectivity index (χ1) is 12.8. The average Bonchev–Trinajstić information content (AvgIpc) is 3.08. The maximum atomic E-state index is 5.75. The average molecular weight is 349 g/mol. The molecule has 0 amide bonds. The van der Waals surface area contributed by atoms with E-state index in [1.807, 2.05) is 12.4 Å². The molecule has 134 valence electrons. The molecule has 1 aromatic carbocycles. The Hall–Kier alpha value is -2.21. The van der Waals surface area contributed by atoms with E-state index in [-0.39, 0.29) is 6.04 Å². The van der Waals surface area contributed by atoms with E-state index in [1.54, 1.807) is 0 Å². The number of pyridine rings is 1.